The van der Waals surface area contributed by atoms with E-state index >= 15 is 0 Å². The molecule has 2 N–H and O–H groups in total. The third-order valence-corrected chi connectivity index (χ3v) is 3.29. The molecule has 0 radical (unpaired) electrons. The van der Waals surface area contributed by atoms with Crippen LogP contribution in [0.3, 0.4) is 0 Å². The first-order chi connectivity index (χ1) is 9.66. The number of rotatable bonds is 2. The van der Waals surface area contributed by atoms with E-state index in [-0.39, 0.29) is 11.5 Å². The van der Waals surface area contributed by atoms with Gasteiger partial charge in [0.1, 0.15) is 5.75 Å². The molecule has 1 aliphatic carbocycles. The summed E-state index contributed by atoms with van der Waals surface area (Å²) in [7, 11) is 0. The molecule has 2 aromatic carbocycles. The van der Waals surface area contributed by atoms with E-state index in [0.717, 1.165) is 11.1 Å². The van der Waals surface area contributed by atoms with Crippen molar-refractivity contribution in [1.29, 1.82) is 0 Å². The van der Waals surface area contributed by atoms with Crippen LogP contribution in [0.2, 0.25) is 0 Å². The van der Waals surface area contributed by atoms with Gasteiger partial charge in [0.25, 0.3) is 0 Å². The van der Waals surface area contributed by atoms with Crippen LogP contribution in [-0.4, -0.2) is 10.9 Å². The number of fused-ring (bicyclic) bond motifs is 1. The van der Waals surface area contributed by atoms with Crippen molar-refractivity contribution in [2.24, 2.45) is 0 Å². The van der Waals surface area contributed by atoms with Crippen molar-refractivity contribution in [2.75, 3.05) is 5.32 Å². The molecule has 0 fully saturated rings. The van der Waals surface area contributed by atoms with E-state index in [4.69, 9.17) is 0 Å². The fourth-order valence-electron chi connectivity index (χ4n) is 2.24. The molecule has 0 spiro atoms. The second kappa shape index (κ2) is 4.70. The normalized spacial score (nSPS) is 13.7. The van der Waals surface area contributed by atoms with Gasteiger partial charge in [-0.15, -0.1) is 0 Å². The Morgan fingerprint density at radius 1 is 0.950 bits per heavy atom. The summed E-state index contributed by atoms with van der Waals surface area (Å²) >= 11 is 0. The Balaban J connectivity index is 2.06. The minimum atomic E-state index is -0.123. The van der Waals surface area contributed by atoms with Crippen molar-refractivity contribution < 1.29 is 9.90 Å². The summed E-state index contributed by atoms with van der Waals surface area (Å²) in [5, 5.41) is 12.9. The van der Waals surface area contributed by atoms with Gasteiger partial charge in [0.2, 0.25) is 0 Å². The molecule has 0 bridgehead atoms. The predicted molar refractivity (Wildman–Crippen MR) is 80.2 cm³/mol. The van der Waals surface area contributed by atoms with Gasteiger partial charge in [-0.3, -0.25) is 4.79 Å². The van der Waals surface area contributed by atoms with Crippen molar-refractivity contribution in [3.63, 3.8) is 0 Å². The summed E-state index contributed by atoms with van der Waals surface area (Å²) in [6.45, 7) is 3.82. The van der Waals surface area contributed by atoms with Gasteiger partial charge >= 0.3 is 0 Å². The molecule has 0 amide bonds. The van der Waals surface area contributed by atoms with Crippen LogP contribution < -0.4 is 5.32 Å². The summed E-state index contributed by atoms with van der Waals surface area (Å²) in [6, 6.07) is 14.5. The van der Waals surface area contributed by atoms with Gasteiger partial charge in [0.15, 0.2) is 5.78 Å². The quantitative estimate of drug-likeness (QED) is 0.644. The molecule has 20 heavy (non-hydrogen) atoms. The van der Waals surface area contributed by atoms with E-state index in [2.05, 4.69) is 11.9 Å². The Labute approximate surface area is 116 Å². The van der Waals surface area contributed by atoms with Crippen molar-refractivity contribution in [1.82, 2.24) is 0 Å². The number of hydrogen-bond donors (Lipinski definition) is 2. The first-order valence-corrected chi connectivity index (χ1v) is 6.26. The number of benzene rings is 2. The molecule has 0 aliphatic heterocycles. The molecule has 2 aromatic rings. The largest absolute Gasteiger partial charge is 0.506 e. The number of phenolic OH excluding ortho intramolecular Hbond substituents is 1. The summed E-state index contributed by atoms with van der Waals surface area (Å²) in [5.41, 5.74) is 3.44. The molecule has 0 unspecified atom stereocenters. The Hall–Kier alpha value is -2.81. The summed E-state index contributed by atoms with van der Waals surface area (Å²) in [6.07, 6.45) is 1.51. The Bertz CT molecular complexity index is 744. The zero-order valence-electron chi connectivity index (χ0n) is 10.8. The molecule has 3 heteroatoms. The molecule has 98 valence electrons. The highest BCUT2D eigenvalue weighted by molar-refractivity contribution is 6.30. The minimum absolute atomic E-state index is 0.123. The van der Waals surface area contributed by atoms with Crippen LogP contribution in [0.5, 0.6) is 5.75 Å². The van der Waals surface area contributed by atoms with Crippen molar-refractivity contribution in [2.45, 2.75) is 0 Å². The fourth-order valence-corrected chi connectivity index (χ4v) is 2.24. The van der Waals surface area contributed by atoms with Crippen molar-refractivity contribution >= 4 is 22.7 Å². The lowest BCUT2D eigenvalue weighted by Crippen LogP contribution is -2.12. The lowest BCUT2D eigenvalue weighted by atomic mass is 9.90. The van der Waals surface area contributed by atoms with Crippen LogP contribution in [-0.2, 0) is 4.79 Å². The predicted octanol–water partition coefficient (Wildman–Crippen LogP) is 3.44. The van der Waals surface area contributed by atoms with Crippen LogP contribution >= 0.6 is 0 Å². The van der Waals surface area contributed by atoms with E-state index in [1.54, 1.807) is 18.2 Å². The van der Waals surface area contributed by atoms with Crippen LogP contribution in [0.25, 0.3) is 11.3 Å². The molecular weight excluding hydrogens is 250 g/mol. The number of hydrogen-bond acceptors (Lipinski definition) is 3. The van der Waals surface area contributed by atoms with E-state index in [9.17, 15) is 9.90 Å². The average Bonchev–Trinajstić information content (AvgIpc) is 2.47. The highest BCUT2D eigenvalue weighted by atomic mass is 16.3. The molecule has 3 rings (SSSR count). The number of aromatic hydroxyl groups is 1. The smallest absolute Gasteiger partial charge is 0.187 e. The number of nitrogens with one attached hydrogen (secondary N) is 1. The third kappa shape index (κ3) is 1.99. The zero-order chi connectivity index (χ0) is 14.1. The van der Waals surface area contributed by atoms with Gasteiger partial charge in [0, 0.05) is 17.2 Å². The minimum Gasteiger partial charge on any atom is -0.506 e. The number of carbonyl (C=O) groups excluding carboxylic acids is 1. The second-order valence-corrected chi connectivity index (χ2v) is 4.59. The Morgan fingerprint density at radius 3 is 2.35 bits per heavy atom. The second-order valence-electron chi connectivity index (χ2n) is 4.59. The zero-order valence-corrected chi connectivity index (χ0v) is 10.8. The standard InChI is InChI=1S/C17H13NO2/c1-11-12-6-2-3-7-13(12)15(10-17(11)20)18-14-8-4-5-9-16(14)19/h2-10,18-19H,1H2. The molecule has 0 atom stereocenters. The molecule has 0 heterocycles. The van der Waals surface area contributed by atoms with E-state index in [0.29, 0.717) is 17.0 Å². The van der Waals surface area contributed by atoms with E-state index in [1.807, 2.05) is 30.3 Å². The highest BCUT2D eigenvalue weighted by Gasteiger charge is 2.21. The van der Waals surface area contributed by atoms with Gasteiger partial charge in [-0.1, -0.05) is 43.0 Å². The maximum Gasteiger partial charge on any atom is 0.187 e. The number of carbonyl (C=O) groups is 1. The van der Waals surface area contributed by atoms with Crippen LogP contribution in [0.1, 0.15) is 11.1 Å². The average molecular weight is 263 g/mol. The first kappa shape index (κ1) is 12.2. The van der Waals surface area contributed by atoms with Crippen LogP contribution in [0, 0.1) is 0 Å². The number of para-hydroxylation sites is 2. The fraction of sp³-hybridized carbons (Fsp3) is 0. The lowest BCUT2D eigenvalue weighted by Gasteiger charge is -2.20. The van der Waals surface area contributed by atoms with E-state index < -0.39 is 0 Å². The maximum absolute atomic E-state index is 12.0. The van der Waals surface area contributed by atoms with Gasteiger partial charge in [-0.2, -0.15) is 0 Å². The molecule has 0 saturated carbocycles. The number of anilines is 1. The van der Waals surface area contributed by atoms with E-state index in [1.165, 1.54) is 6.08 Å². The summed E-state index contributed by atoms with van der Waals surface area (Å²) < 4.78 is 0. The molecule has 0 aromatic heterocycles. The van der Waals surface area contributed by atoms with Crippen molar-refractivity contribution in [3.8, 4) is 5.75 Å². The van der Waals surface area contributed by atoms with Gasteiger partial charge in [-0.05, 0) is 17.7 Å². The van der Waals surface area contributed by atoms with Gasteiger partial charge < -0.3 is 10.4 Å². The molecule has 0 saturated heterocycles. The number of phenols is 1. The maximum atomic E-state index is 12.0. The Kier molecular flexibility index (Phi) is 2.88. The first-order valence-electron chi connectivity index (χ1n) is 6.26. The van der Waals surface area contributed by atoms with Crippen LogP contribution in [0.15, 0.2) is 61.2 Å². The van der Waals surface area contributed by atoms with Gasteiger partial charge in [0.05, 0.1) is 11.4 Å². The Morgan fingerprint density at radius 2 is 1.60 bits per heavy atom. The van der Waals surface area contributed by atoms with Crippen molar-refractivity contribution in [3.05, 3.63) is 72.3 Å². The monoisotopic (exact) mass is 263 g/mol. The topological polar surface area (TPSA) is 49.3 Å². The van der Waals surface area contributed by atoms with Gasteiger partial charge in [-0.25, -0.2) is 0 Å². The third-order valence-electron chi connectivity index (χ3n) is 3.29. The SMILES string of the molecule is C=C1C(=O)C=C(Nc2ccccc2O)c2ccccc21. The molecule has 3 nitrogen and oxygen atoms in total. The van der Waals surface area contributed by atoms with Crippen LogP contribution in [0.4, 0.5) is 5.69 Å². The highest BCUT2D eigenvalue weighted by Crippen LogP contribution is 2.33. The molecule has 1 aliphatic rings. The number of allylic oxidation sites excluding steroid dienone is 2. The summed E-state index contributed by atoms with van der Waals surface area (Å²) in [5.74, 6) is 0.0179. The number of ketones is 1. The molecular formula is C17H13NO2. The lowest BCUT2D eigenvalue weighted by molar-refractivity contribution is -0.109. The summed E-state index contributed by atoms with van der Waals surface area (Å²) in [4.78, 5) is 12.0.